The van der Waals surface area contributed by atoms with E-state index in [9.17, 15) is 13.2 Å². The van der Waals surface area contributed by atoms with Crippen molar-refractivity contribution in [3.63, 3.8) is 0 Å². The molecule has 5 rings (SSSR count). The van der Waals surface area contributed by atoms with Crippen molar-refractivity contribution in [2.45, 2.75) is 24.4 Å². The standard InChI is InChI=1S/C26H24ClN3O4S2/c1-34-16-15-30-24-22(27)7-4-8-23(24)35-26(30)28-25(31)19-9-11-21(12-10-19)36(32,33)29-14-13-18-5-2-3-6-20(18)17-29/h2-12H,13-17H2,1H3. The predicted octanol–water partition coefficient (Wildman–Crippen LogP) is 4.49. The van der Waals surface area contributed by atoms with Crippen LogP contribution in [0.25, 0.3) is 10.2 Å². The summed E-state index contributed by atoms with van der Waals surface area (Å²) in [7, 11) is -2.08. The third-order valence-corrected chi connectivity index (χ3v) is 9.41. The second-order valence-corrected chi connectivity index (χ2v) is 11.8. The van der Waals surface area contributed by atoms with Crippen molar-refractivity contribution < 1.29 is 17.9 Å². The number of hydrogen-bond acceptors (Lipinski definition) is 5. The van der Waals surface area contributed by atoms with Crippen molar-refractivity contribution in [1.82, 2.24) is 8.87 Å². The molecule has 0 bridgehead atoms. The van der Waals surface area contributed by atoms with E-state index in [1.54, 1.807) is 13.2 Å². The molecule has 1 aliphatic rings. The molecule has 0 fully saturated rings. The van der Waals surface area contributed by atoms with E-state index in [-0.39, 0.29) is 4.90 Å². The number of nitrogens with zero attached hydrogens (tertiary/aromatic N) is 3. The molecule has 0 atom stereocenters. The number of hydrogen-bond donors (Lipinski definition) is 0. The van der Waals surface area contributed by atoms with Gasteiger partial charge in [0.25, 0.3) is 5.91 Å². The van der Waals surface area contributed by atoms with Gasteiger partial charge in [-0.25, -0.2) is 8.42 Å². The van der Waals surface area contributed by atoms with E-state index in [4.69, 9.17) is 16.3 Å². The van der Waals surface area contributed by atoms with Gasteiger partial charge in [-0.1, -0.05) is 53.3 Å². The fourth-order valence-electron chi connectivity index (χ4n) is 4.31. The molecule has 0 saturated carbocycles. The first-order chi connectivity index (χ1) is 17.4. The van der Waals surface area contributed by atoms with E-state index in [1.165, 1.54) is 45.5 Å². The van der Waals surface area contributed by atoms with Crippen LogP contribution in [-0.4, -0.2) is 43.5 Å². The highest BCUT2D eigenvalue weighted by molar-refractivity contribution is 7.89. The first kappa shape index (κ1) is 24.9. The van der Waals surface area contributed by atoms with Crippen LogP contribution in [0, 0.1) is 0 Å². The van der Waals surface area contributed by atoms with Gasteiger partial charge in [0, 0.05) is 32.3 Å². The number of fused-ring (bicyclic) bond motifs is 2. The topological polar surface area (TPSA) is 81.0 Å². The Morgan fingerprint density at radius 1 is 1.06 bits per heavy atom. The van der Waals surface area contributed by atoms with Gasteiger partial charge >= 0.3 is 0 Å². The fraction of sp³-hybridized carbons (Fsp3) is 0.231. The van der Waals surface area contributed by atoms with Crippen LogP contribution in [0.1, 0.15) is 21.5 Å². The molecule has 1 aliphatic heterocycles. The molecule has 4 aromatic rings. The molecular formula is C26H24ClN3O4S2. The Balaban J connectivity index is 1.42. The van der Waals surface area contributed by atoms with E-state index < -0.39 is 15.9 Å². The van der Waals surface area contributed by atoms with Gasteiger partial charge in [-0.3, -0.25) is 4.79 Å². The van der Waals surface area contributed by atoms with Gasteiger partial charge in [-0.15, -0.1) is 0 Å². The molecule has 0 N–H and O–H groups in total. The Hall–Kier alpha value is -2.82. The minimum atomic E-state index is -3.68. The van der Waals surface area contributed by atoms with E-state index in [0.29, 0.717) is 48.0 Å². The highest BCUT2D eigenvalue weighted by Crippen LogP contribution is 2.26. The lowest BCUT2D eigenvalue weighted by Crippen LogP contribution is -2.35. The third kappa shape index (κ3) is 4.77. The monoisotopic (exact) mass is 541 g/mol. The van der Waals surface area contributed by atoms with Gasteiger partial charge in [-0.2, -0.15) is 9.30 Å². The maximum absolute atomic E-state index is 13.2. The largest absolute Gasteiger partial charge is 0.383 e. The lowest BCUT2D eigenvalue weighted by molar-refractivity contribution is 0.0997. The molecule has 186 valence electrons. The Bertz CT molecular complexity index is 1610. The van der Waals surface area contributed by atoms with Crippen LogP contribution < -0.4 is 4.80 Å². The van der Waals surface area contributed by atoms with Crippen molar-refractivity contribution in [2.24, 2.45) is 4.99 Å². The summed E-state index contributed by atoms with van der Waals surface area (Å²) in [5.41, 5.74) is 3.30. The summed E-state index contributed by atoms with van der Waals surface area (Å²) in [6.45, 7) is 1.68. The Morgan fingerprint density at radius 3 is 2.56 bits per heavy atom. The van der Waals surface area contributed by atoms with Gasteiger partial charge < -0.3 is 9.30 Å². The number of methoxy groups -OCH3 is 1. The van der Waals surface area contributed by atoms with Gasteiger partial charge in [0.15, 0.2) is 4.80 Å². The molecule has 2 heterocycles. The molecular weight excluding hydrogens is 518 g/mol. The highest BCUT2D eigenvalue weighted by atomic mass is 35.5. The number of benzene rings is 3. The number of sulfonamides is 1. The van der Waals surface area contributed by atoms with Crippen LogP contribution in [-0.2, 0) is 34.3 Å². The Labute approximate surface area is 218 Å². The first-order valence-corrected chi connectivity index (χ1v) is 14.0. The molecule has 1 aromatic heterocycles. The molecule has 3 aromatic carbocycles. The second-order valence-electron chi connectivity index (χ2n) is 8.41. The summed E-state index contributed by atoms with van der Waals surface area (Å²) in [6.07, 6.45) is 0.674. The lowest BCUT2D eigenvalue weighted by Gasteiger charge is -2.28. The van der Waals surface area contributed by atoms with Gasteiger partial charge in [0.2, 0.25) is 10.0 Å². The molecule has 0 aliphatic carbocycles. The summed E-state index contributed by atoms with van der Waals surface area (Å²) < 4.78 is 36.0. The number of para-hydroxylation sites is 1. The van der Waals surface area contributed by atoms with E-state index in [2.05, 4.69) is 4.99 Å². The lowest BCUT2D eigenvalue weighted by atomic mass is 10.0. The zero-order valence-electron chi connectivity index (χ0n) is 19.6. The van der Waals surface area contributed by atoms with Crippen molar-refractivity contribution >= 4 is 49.1 Å². The molecule has 1 amide bonds. The average molecular weight is 542 g/mol. The quantitative estimate of drug-likeness (QED) is 0.360. The van der Waals surface area contributed by atoms with Crippen LogP contribution in [0.4, 0.5) is 0 Å². The number of rotatable bonds is 6. The number of carbonyl (C=O) groups is 1. The van der Waals surface area contributed by atoms with Crippen LogP contribution in [0.2, 0.25) is 5.02 Å². The van der Waals surface area contributed by atoms with Gasteiger partial charge in [-0.05, 0) is 53.9 Å². The number of amides is 1. The minimum absolute atomic E-state index is 0.155. The molecule has 7 nitrogen and oxygen atoms in total. The summed E-state index contributed by atoms with van der Waals surface area (Å²) in [5, 5.41) is 0.573. The number of ether oxygens (including phenoxy) is 1. The number of carbonyl (C=O) groups excluding carboxylic acids is 1. The SMILES string of the molecule is COCCn1c(=NC(=O)c2ccc(S(=O)(=O)N3CCc4ccccc4C3)cc2)sc2cccc(Cl)c21. The summed E-state index contributed by atoms with van der Waals surface area (Å²) >= 11 is 7.78. The van der Waals surface area contributed by atoms with Gasteiger partial charge in [0.05, 0.1) is 26.7 Å². The second kappa shape index (κ2) is 10.3. The molecule has 0 radical (unpaired) electrons. The first-order valence-electron chi connectivity index (χ1n) is 11.4. The predicted molar refractivity (Wildman–Crippen MR) is 141 cm³/mol. The number of aromatic nitrogens is 1. The number of halogens is 1. The Morgan fingerprint density at radius 2 is 1.81 bits per heavy atom. The summed E-state index contributed by atoms with van der Waals surface area (Å²) in [4.78, 5) is 18.0. The zero-order chi connectivity index (χ0) is 25.3. The molecule has 10 heteroatoms. The van der Waals surface area contributed by atoms with Crippen LogP contribution >= 0.6 is 22.9 Å². The third-order valence-electron chi connectivity index (χ3n) is 6.20. The van der Waals surface area contributed by atoms with Crippen molar-refractivity contribution in [3.05, 3.63) is 93.2 Å². The van der Waals surface area contributed by atoms with Crippen molar-refractivity contribution in [2.75, 3.05) is 20.3 Å². The van der Waals surface area contributed by atoms with Crippen molar-refractivity contribution in [1.29, 1.82) is 0 Å². The maximum Gasteiger partial charge on any atom is 0.279 e. The summed E-state index contributed by atoms with van der Waals surface area (Å²) in [5.74, 6) is -0.459. The van der Waals surface area contributed by atoms with E-state index in [0.717, 1.165) is 15.8 Å². The van der Waals surface area contributed by atoms with E-state index in [1.807, 2.05) is 41.0 Å². The molecule has 0 saturated heterocycles. The minimum Gasteiger partial charge on any atom is -0.383 e. The molecule has 0 unspecified atom stereocenters. The smallest absolute Gasteiger partial charge is 0.279 e. The Kier molecular flexibility index (Phi) is 7.09. The number of thiazole rings is 1. The average Bonchev–Trinajstić information content (AvgIpc) is 3.25. The van der Waals surface area contributed by atoms with Crippen LogP contribution in [0.3, 0.4) is 0 Å². The molecule has 36 heavy (non-hydrogen) atoms. The fourth-order valence-corrected chi connectivity index (χ4v) is 7.14. The molecule has 0 spiro atoms. The maximum atomic E-state index is 13.2. The van der Waals surface area contributed by atoms with E-state index >= 15 is 0 Å². The van der Waals surface area contributed by atoms with Crippen LogP contribution in [0.15, 0.2) is 76.6 Å². The van der Waals surface area contributed by atoms with Gasteiger partial charge in [0.1, 0.15) is 0 Å². The highest BCUT2D eigenvalue weighted by Gasteiger charge is 2.28. The summed E-state index contributed by atoms with van der Waals surface area (Å²) in [6, 6.07) is 19.4. The zero-order valence-corrected chi connectivity index (χ0v) is 21.9. The van der Waals surface area contributed by atoms with Crippen LogP contribution in [0.5, 0.6) is 0 Å². The normalized spacial score (nSPS) is 14.8. The van der Waals surface area contributed by atoms with Crippen molar-refractivity contribution in [3.8, 4) is 0 Å².